The Balaban J connectivity index is 1.67. The van der Waals surface area contributed by atoms with Gasteiger partial charge in [-0.05, 0) is 24.8 Å². The quantitative estimate of drug-likeness (QED) is 0.868. The molecule has 4 heteroatoms. The summed E-state index contributed by atoms with van der Waals surface area (Å²) < 4.78 is 11.3. The molecule has 0 spiro atoms. The van der Waals surface area contributed by atoms with E-state index in [-0.39, 0.29) is 6.61 Å². The van der Waals surface area contributed by atoms with Crippen LogP contribution in [0.4, 0.5) is 0 Å². The van der Waals surface area contributed by atoms with Crippen LogP contribution in [0.3, 0.4) is 0 Å². The van der Waals surface area contributed by atoms with Gasteiger partial charge in [0.05, 0.1) is 0 Å². The Labute approximate surface area is 113 Å². The average Bonchev–Trinajstić information content (AvgIpc) is 2.92. The third-order valence-electron chi connectivity index (χ3n) is 4.10. The number of fused-ring (bicyclic) bond motifs is 1. The first-order chi connectivity index (χ1) is 9.38. The van der Waals surface area contributed by atoms with E-state index in [9.17, 15) is 5.11 Å². The first-order valence-electron chi connectivity index (χ1n) is 7.10. The number of hydrogen-bond acceptors (Lipinski definition) is 4. The van der Waals surface area contributed by atoms with Gasteiger partial charge in [0.1, 0.15) is 13.2 Å². The first kappa shape index (κ1) is 12.8. The maximum absolute atomic E-state index is 9.34. The fraction of sp³-hybridized carbons (Fsp3) is 0.600. The zero-order valence-electron chi connectivity index (χ0n) is 11.1. The highest BCUT2D eigenvalue weighted by Crippen LogP contribution is 2.34. The van der Waals surface area contributed by atoms with Gasteiger partial charge in [-0.25, -0.2) is 0 Å². The number of aliphatic hydroxyl groups is 1. The number of rotatable bonds is 4. The lowest BCUT2D eigenvalue weighted by Gasteiger charge is -2.23. The summed E-state index contributed by atoms with van der Waals surface area (Å²) in [5, 5.41) is 12.9. The SMILES string of the molecule is OCC1CCCC1NCc1cccc2c1OCCO2. The van der Waals surface area contributed by atoms with E-state index < -0.39 is 0 Å². The number of aliphatic hydroxyl groups excluding tert-OH is 1. The summed E-state index contributed by atoms with van der Waals surface area (Å²) in [6.07, 6.45) is 3.48. The lowest BCUT2D eigenvalue weighted by molar-refractivity contribution is 0.169. The molecule has 1 saturated carbocycles. The largest absolute Gasteiger partial charge is 0.486 e. The van der Waals surface area contributed by atoms with E-state index in [2.05, 4.69) is 11.4 Å². The van der Waals surface area contributed by atoms with Crippen molar-refractivity contribution in [2.24, 2.45) is 5.92 Å². The maximum Gasteiger partial charge on any atom is 0.165 e. The zero-order valence-corrected chi connectivity index (χ0v) is 11.1. The molecule has 19 heavy (non-hydrogen) atoms. The van der Waals surface area contributed by atoms with Crippen LogP contribution in [0.25, 0.3) is 0 Å². The molecule has 2 unspecified atom stereocenters. The van der Waals surface area contributed by atoms with E-state index in [0.29, 0.717) is 25.2 Å². The second kappa shape index (κ2) is 5.80. The molecule has 1 aliphatic carbocycles. The summed E-state index contributed by atoms with van der Waals surface area (Å²) in [7, 11) is 0. The van der Waals surface area contributed by atoms with E-state index >= 15 is 0 Å². The van der Waals surface area contributed by atoms with Crippen LogP contribution in [0, 0.1) is 5.92 Å². The highest BCUT2D eigenvalue weighted by atomic mass is 16.6. The Hall–Kier alpha value is -1.26. The van der Waals surface area contributed by atoms with Crippen molar-refractivity contribution in [1.29, 1.82) is 0 Å². The summed E-state index contributed by atoms with van der Waals surface area (Å²) in [6, 6.07) is 6.45. The topological polar surface area (TPSA) is 50.7 Å². The lowest BCUT2D eigenvalue weighted by atomic mass is 10.0. The lowest BCUT2D eigenvalue weighted by Crippen LogP contribution is -2.33. The Kier molecular flexibility index (Phi) is 3.89. The molecule has 0 aromatic heterocycles. The molecule has 1 fully saturated rings. The van der Waals surface area contributed by atoms with Gasteiger partial charge in [0, 0.05) is 24.8 Å². The van der Waals surface area contributed by atoms with Gasteiger partial charge in [-0.2, -0.15) is 0 Å². The van der Waals surface area contributed by atoms with Crippen LogP contribution in [0.5, 0.6) is 11.5 Å². The van der Waals surface area contributed by atoms with Gasteiger partial charge in [0.15, 0.2) is 11.5 Å². The molecule has 3 rings (SSSR count). The molecule has 1 aromatic rings. The fourth-order valence-corrected chi connectivity index (χ4v) is 3.04. The predicted octanol–water partition coefficient (Wildman–Crippen LogP) is 1.71. The van der Waals surface area contributed by atoms with Crippen molar-refractivity contribution in [2.75, 3.05) is 19.8 Å². The minimum atomic E-state index is 0.282. The molecule has 1 aromatic carbocycles. The standard InChI is InChI=1S/C15H21NO3/c17-10-12-4-1-5-13(12)16-9-11-3-2-6-14-15(11)19-8-7-18-14/h2-3,6,12-13,16-17H,1,4-5,7-10H2. The molecule has 4 nitrogen and oxygen atoms in total. The van der Waals surface area contributed by atoms with Crippen LogP contribution in [-0.4, -0.2) is 31.0 Å². The predicted molar refractivity (Wildman–Crippen MR) is 72.5 cm³/mol. The molecule has 0 saturated heterocycles. The van der Waals surface area contributed by atoms with Gasteiger partial charge in [-0.1, -0.05) is 18.6 Å². The minimum Gasteiger partial charge on any atom is -0.486 e. The van der Waals surface area contributed by atoms with Gasteiger partial charge in [-0.15, -0.1) is 0 Å². The number of para-hydroxylation sites is 1. The number of hydrogen-bond donors (Lipinski definition) is 2. The molecule has 104 valence electrons. The van der Waals surface area contributed by atoms with E-state index in [0.717, 1.165) is 36.4 Å². The second-order valence-corrected chi connectivity index (χ2v) is 5.30. The Bertz CT molecular complexity index is 435. The van der Waals surface area contributed by atoms with Crippen LogP contribution in [-0.2, 0) is 6.54 Å². The highest BCUT2D eigenvalue weighted by Gasteiger charge is 2.26. The van der Waals surface area contributed by atoms with Gasteiger partial charge in [0.25, 0.3) is 0 Å². The fourth-order valence-electron chi connectivity index (χ4n) is 3.04. The first-order valence-corrected chi connectivity index (χ1v) is 7.10. The molecular weight excluding hydrogens is 242 g/mol. The number of benzene rings is 1. The number of nitrogens with one attached hydrogen (secondary N) is 1. The van der Waals surface area contributed by atoms with Crippen molar-refractivity contribution in [3.63, 3.8) is 0 Å². The zero-order chi connectivity index (χ0) is 13.1. The van der Waals surface area contributed by atoms with E-state index in [1.165, 1.54) is 6.42 Å². The summed E-state index contributed by atoms with van der Waals surface area (Å²) in [6.45, 7) is 2.30. The van der Waals surface area contributed by atoms with Crippen molar-refractivity contribution in [1.82, 2.24) is 5.32 Å². The average molecular weight is 263 g/mol. The third kappa shape index (κ3) is 2.69. The van der Waals surface area contributed by atoms with Gasteiger partial charge >= 0.3 is 0 Å². The van der Waals surface area contributed by atoms with Gasteiger partial charge in [-0.3, -0.25) is 0 Å². The molecule has 2 N–H and O–H groups in total. The van der Waals surface area contributed by atoms with Crippen molar-refractivity contribution >= 4 is 0 Å². The smallest absolute Gasteiger partial charge is 0.165 e. The molecule has 2 atom stereocenters. The second-order valence-electron chi connectivity index (χ2n) is 5.30. The minimum absolute atomic E-state index is 0.282. The molecule has 0 radical (unpaired) electrons. The van der Waals surface area contributed by atoms with Crippen LogP contribution in [0.2, 0.25) is 0 Å². The third-order valence-corrected chi connectivity index (χ3v) is 4.10. The van der Waals surface area contributed by atoms with Crippen LogP contribution in [0.15, 0.2) is 18.2 Å². The Morgan fingerprint density at radius 1 is 1.21 bits per heavy atom. The summed E-state index contributed by atoms with van der Waals surface area (Å²) >= 11 is 0. The Morgan fingerprint density at radius 3 is 3.00 bits per heavy atom. The van der Waals surface area contributed by atoms with Gasteiger partial charge < -0.3 is 19.9 Å². The summed E-state index contributed by atoms with van der Waals surface area (Å²) in [5.74, 6) is 2.12. The highest BCUT2D eigenvalue weighted by molar-refractivity contribution is 5.47. The van der Waals surface area contributed by atoms with Gasteiger partial charge in [0.2, 0.25) is 0 Å². The molecule has 1 aliphatic heterocycles. The monoisotopic (exact) mass is 263 g/mol. The molecule has 0 bridgehead atoms. The number of ether oxygens (including phenoxy) is 2. The van der Waals surface area contributed by atoms with E-state index in [1.54, 1.807) is 0 Å². The Morgan fingerprint density at radius 2 is 2.11 bits per heavy atom. The normalized spacial score (nSPS) is 25.5. The van der Waals surface area contributed by atoms with E-state index in [4.69, 9.17) is 9.47 Å². The molecular formula is C15H21NO3. The summed E-state index contributed by atoms with van der Waals surface area (Å²) in [5.41, 5.74) is 1.14. The molecule has 2 aliphatic rings. The van der Waals surface area contributed by atoms with Crippen molar-refractivity contribution in [3.05, 3.63) is 23.8 Å². The maximum atomic E-state index is 9.34. The molecule has 1 heterocycles. The van der Waals surface area contributed by atoms with Crippen molar-refractivity contribution in [2.45, 2.75) is 31.8 Å². The van der Waals surface area contributed by atoms with Crippen LogP contribution < -0.4 is 14.8 Å². The van der Waals surface area contributed by atoms with Crippen LogP contribution in [0.1, 0.15) is 24.8 Å². The summed E-state index contributed by atoms with van der Waals surface area (Å²) in [4.78, 5) is 0. The van der Waals surface area contributed by atoms with Crippen molar-refractivity contribution < 1.29 is 14.6 Å². The molecule has 0 amide bonds. The van der Waals surface area contributed by atoms with Crippen molar-refractivity contribution in [3.8, 4) is 11.5 Å². The van der Waals surface area contributed by atoms with Crippen LogP contribution >= 0.6 is 0 Å². The van der Waals surface area contributed by atoms with E-state index in [1.807, 2.05) is 12.1 Å².